The maximum Gasteiger partial charge on any atom is 0.0991 e. The minimum Gasteiger partial charge on any atom is -0.377 e. The zero-order valence-electron chi connectivity index (χ0n) is 10.6. The van der Waals surface area contributed by atoms with Crippen molar-refractivity contribution in [3.05, 3.63) is 59.4 Å². The second kappa shape index (κ2) is 5.11. The lowest BCUT2D eigenvalue weighted by Gasteiger charge is -2.26. The van der Waals surface area contributed by atoms with E-state index in [4.69, 9.17) is 5.26 Å². The highest BCUT2D eigenvalue weighted by molar-refractivity contribution is 5.49. The van der Waals surface area contributed by atoms with Crippen molar-refractivity contribution in [3.63, 3.8) is 0 Å². The van der Waals surface area contributed by atoms with Crippen molar-refractivity contribution >= 4 is 5.69 Å². The lowest BCUT2D eigenvalue weighted by atomic mass is 9.92. The van der Waals surface area contributed by atoms with E-state index in [9.17, 15) is 0 Å². The topological polar surface area (TPSA) is 48.7 Å². The summed E-state index contributed by atoms with van der Waals surface area (Å²) in [5, 5.41) is 12.3. The van der Waals surface area contributed by atoms with Gasteiger partial charge in [-0.2, -0.15) is 5.26 Å². The summed E-state index contributed by atoms with van der Waals surface area (Å²) in [6.07, 6.45) is 5.27. The Morgan fingerprint density at radius 3 is 2.84 bits per heavy atom. The molecule has 1 aromatic heterocycles. The standard InChI is InChI=1S/C16H15N3/c17-11-12-6-8-14(9-7-12)19-15-5-1-3-13-4-2-10-18-16(13)15/h2,4,6-10,15,19H,1,3,5H2. The van der Waals surface area contributed by atoms with Crippen LogP contribution in [-0.2, 0) is 6.42 Å². The molecule has 1 N–H and O–H groups in total. The lowest BCUT2D eigenvalue weighted by molar-refractivity contribution is 0.583. The van der Waals surface area contributed by atoms with E-state index in [0.29, 0.717) is 5.56 Å². The van der Waals surface area contributed by atoms with Crippen LogP contribution in [0, 0.1) is 11.3 Å². The van der Waals surface area contributed by atoms with Crippen molar-refractivity contribution in [2.75, 3.05) is 5.32 Å². The molecule has 1 heterocycles. The van der Waals surface area contributed by atoms with E-state index in [1.807, 2.05) is 36.5 Å². The van der Waals surface area contributed by atoms with Crippen LogP contribution in [0.25, 0.3) is 0 Å². The van der Waals surface area contributed by atoms with E-state index in [1.165, 1.54) is 12.0 Å². The number of hydrogen-bond acceptors (Lipinski definition) is 3. The number of nitrogens with zero attached hydrogens (tertiary/aromatic N) is 2. The Morgan fingerprint density at radius 2 is 2.05 bits per heavy atom. The first-order valence-electron chi connectivity index (χ1n) is 6.57. The van der Waals surface area contributed by atoms with Crippen LogP contribution in [0.2, 0.25) is 0 Å². The van der Waals surface area contributed by atoms with Gasteiger partial charge in [-0.05, 0) is 55.2 Å². The SMILES string of the molecule is N#Cc1ccc(NC2CCCc3cccnc32)cc1. The van der Waals surface area contributed by atoms with Crippen molar-refractivity contribution in [2.24, 2.45) is 0 Å². The smallest absolute Gasteiger partial charge is 0.0991 e. The Kier molecular flexibility index (Phi) is 3.16. The molecular formula is C16H15N3. The number of aromatic nitrogens is 1. The number of benzene rings is 1. The largest absolute Gasteiger partial charge is 0.377 e. The predicted octanol–water partition coefficient (Wildman–Crippen LogP) is 3.44. The normalized spacial score (nSPS) is 17.3. The molecule has 0 fully saturated rings. The summed E-state index contributed by atoms with van der Waals surface area (Å²) in [7, 11) is 0. The third-order valence-electron chi connectivity index (χ3n) is 3.55. The number of aryl methyl sites for hydroxylation is 1. The molecule has 0 bridgehead atoms. The molecule has 1 unspecified atom stereocenters. The van der Waals surface area contributed by atoms with Gasteiger partial charge >= 0.3 is 0 Å². The number of nitrogens with one attached hydrogen (secondary N) is 1. The molecular weight excluding hydrogens is 234 g/mol. The van der Waals surface area contributed by atoms with Crippen LogP contribution in [0.1, 0.15) is 35.7 Å². The van der Waals surface area contributed by atoms with E-state index >= 15 is 0 Å². The highest BCUT2D eigenvalue weighted by Crippen LogP contribution is 2.30. The van der Waals surface area contributed by atoms with Crippen molar-refractivity contribution in [1.29, 1.82) is 5.26 Å². The molecule has 0 spiro atoms. The average molecular weight is 249 g/mol. The van der Waals surface area contributed by atoms with E-state index in [2.05, 4.69) is 22.4 Å². The third-order valence-corrected chi connectivity index (χ3v) is 3.55. The Labute approximate surface area is 112 Å². The summed E-state index contributed by atoms with van der Waals surface area (Å²) >= 11 is 0. The molecule has 0 saturated carbocycles. The van der Waals surface area contributed by atoms with Gasteiger partial charge in [0.15, 0.2) is 0 Å². The van der Waals surface area contributed by atoms with Gasteiger partial charge in [0.25, 0.3) is 0 Å². The lowest BCUT2D eigenvalue weighted by Crippen LogP contribution is -2.18. The zero-order chi connectivity index (χ0) is 13.1. The van der Waals surface area contributed by atoms with Crippen LogP contribution in [0.3, 0.4) is 0 Å². The first-order valence-corrected chi connectivity index (χ1v) is 6.57. The van der Waals surface area contributed by atoms with Gasteiger partial charge < -0.3 is 5.32 Å². The maximum atomic E-state index is 8.80. The van der Waals surface area contributed by atoms with E-state index < -0.39 is 0 Å². The molecule has 1 atom stereocenters. The first-order chi connectivity index (χ1) is 9.36. The zero-order valence-corrected chi connectivity index (χ0v) is 10.6. The molecule has 0 aliphatic heterocycles. The van der Waals surface area contributed by atoms with Gasteiger partial charge in [0.05, 0.1) is 23.4 Å². The highest BCUT2D eigenvalue weighted by Gasteiger charge is 2.20. The molecule has 1 aliphatic rings. The van der Waals surface area contributed by atoms with Crippen LogP contribution in [-0.4, -0.2) is 4.98 Å². The minimum absolute atomic E-state index is 0.276. The number of rotatable bonds is 2. The summed E-state index contributed by atoms with van der Waals surface area (Å²) in [6.45, 7) is 0. The third kappa shape index (κ3) is 2.43. The number of fused-ring (bicyclic) bond motifs is 1. The molecule has 2 aromatic rings. The number of nitriles is 1. The molecule has 3 nitrogen and oxygen atoms in total. The van der Waals surface area contributed by atoms with Crippen LogP contribution in [0.4, 0.5) is 5.69 Å². The van der Waals surface area contributed by atoms with E-state index in [1.54, 1.807) is 0 Å². The van der Waals surface area contributed by atoms with Crippen LogP contribution in [0.5, 0.6) is 0 Å². The molecule has 19 heavy (non-hydrogen) atoms. The first kappa shape index (κ1) is 11.7. The minimum atomic E-state index is 0.276. The Morgan fingerprint density at radius 1 is 1.21 bits per heavy atom. The number of anilines is 1. The fourth-order valence-electron chi connectivity index (χ4n) is 2.59. The Balaban J connectivity index is 1.82. The molecule has 3 heteroatoms. The summed E-state index contributed by atoms with van der Waals surface area (Å²) in [6, 6.07) is 14.2. The monoisotopic (exact) mass is 249 g/mol. The highest BCUT2D eigenvalue weighted by atomic mass is 14.9. The predicted molar refractivity (Wildman–Crippen MR) is 74.7 cm³/mol. The quantitative estimate of drug-likeness (QED) is 0.886. The fourth-order valence-corrected chi connectivity index (χ4v) is 2.59. The van der Waals surface area contributed by atoms with Gasteiger partial charge in [0, 0.05) is 11.9 Å². The number of hydrogen-bond donors (Lipinski definition) is 1. The van der Waals surface area contributed by atoms with Crippen LogP contribution >= 0.6 is 0 Å². The van der Waals surface area contributed by atoms with Crippen LogP contribution < -0.4 is 5.32 Å². The second-order valence-corrected chi connectivity index (χ2v) is 4.83. The van der Waals surface area contributed by atoms with Gasteiger partial charge in [0.1, 0.15) is 0 Å². The van der Waals surface area contributed by atoms with Gasteiger partial charge in [0.2, 0.25) is 0 Å². The molecule has 94 valence electrons. The van der Waals surface area contributed by atoms with Crippen molar-refractivity contribution in [1.82, 2.24) is 4.98 Å². The van der Waals surface area contributed by atoms with Crippen molar-refractivity contribution < 1.29 is 0 Å². The average Bonchev–Trinajstić information content (AvgIpc) is 2.48. The molecule has 1 aliphatic carbocycles. The van der Waals surface area contributed by atoms with Gasteiger partial charge in [-0.1, -0.05) is 6.07 Å². The van der Waals surface area contributed by atoms with Crippen molar-refractivity contribution in [2.45, 2.75) is 25.3 Å². The molecule has 0 saturated heterocycles. The maximum absolute atomic E-state index is 8.80. The fraction of sp³-hybridized carbons (Fsp3) is 0.250. The molecule has 0 amide bonds. The number of pyridine rings is 1. The molecule has 3 rings (SSSR count). The van der Waals surface area contributed by atoms with E-state index in [-0.39, 0.29) is 6.04 Å². The Bertz CT molecular complexity index is 611. The van der Waals surface area contributed by atoms with Gasteiger partial charge in [-0.15, -0.1) is 0 Å². The summed E-state index contributed by atoms with van der Waals surface area (Å²) in [5.41, 5.74) is 4.24. The Hall–Kier alpha value is -2.34. The van der Waals surface area contributed by atoms with Gasteiger partial charge in [-0.25, -0.2) is 0 Å². The van der Waals surface area contributed by atoms with Crippen molar-refractivity contribution in [3.8, 4) is 6.07 Å². The molecule has 1 aromatic carbocycles. The summed E-state index contributed by atoms with van der Waals surface area (Å²) in [5.74, 6) is 0. The van der Waals surface area contributed by atoms with Crippen LogP contribution in [0.15, 0.2) is 42.6 Å². The summed E-state index contributed by atoms with van der Waals surface area (Å²) < 4.78 is 0. The second-order valence-electron chi connectivity index (χ2n) is 4.83. The molecule has 0 radical (unpaired) electrons. The van der Waals surface area contributed by atoms with Gasteiger partial charge in [-0.3, -0.25) is 4.98 Å². The van der Waals surface area contributed by atoms with E-state index in [0.717, 1.165) is 24.2 Å². The summed E-state index contributed by atoms with van der Waals surface area (Å²) in [4.78, 5) is 4.52.